The van der Waals surface area contributed by atoms with E-state index in [1.165, 1.54) is 6.07 Å². The quantitative estimate of drug-likeness (QED) is 0.893. The van der Waals surface area contributed by atoms with E-state index in [2.05, 4.69) is 18.6 Å². The van der Waals surface area contributed by atoms with Crippen LogP contribution in [0.1, 0.15) is 57.0 Å². The molecule has 1 N–H and O–H groups in total. The highest BCUT2D eigenvalue weighted by Gasteiger charge is 2.28. The van der Waals surface area contributed by atoms with Crippen molar-refractivity contribution in [2.75, 3.05) is 13.1 Å². The second-order valence-corrected chi connectivity index (χ2v) is 10.2. The Morgan fingerprint density at radius 3 is 2.24 bits per heavy atom. The molecule has 1 aliphatic heterocycles. The smallest absolute Gasteiger partial charge is 0.254 e. The lowest BCUT2D eigenvalue weighted by Crippen LogP contribution is -2.43. The first-order valence-corrected chi connectivity index (χ1v) is 10.3. The largest absolute Gasteiger partial charge is 0.338 e. The monoisotopic (exact) mass is 366 g/mol. The van der Waals surface area contributed by atoms with Gasteiger partial charge in [0.1, 0.15) is 0 Å². The van der Waals surface area contributed by atoms with Crippen molar-refractivity contribution in [1.29, 1.82) is 0 Å². The van der Waals surface area contributed by atoms with E-state index < -0.39 is 15.6 Å². The molecule has 0 bridgehead atoms. The molecule has 1 saturated heterocycles. The van der Waals surface area contributed by atoms with Crippen molar-refractivity contribution in [1.82, 2.24) is 9.62 Å². The Kier molecular flexibility index (Phi) is 5.64. The predicted octanol–water partition coefficient (Wildman–Crippen LogP) is 3.19. The highest BCUT2D eigenvalue weighted by Crippen LogP contribution is 2.25. The summed E-state index contributed by atoms with van der Waals surface area (Å²) in [6, 6.07) is 4.78. The van der Waals surface area contributed by atoms with Crippen LogP contribution >= 0.6 is 0 Å². The van der Waals surface area contributed by atoms with Gasteiger partial charge >= 0.3 is 0 Å². The first-order chi connectivity index (χ1) is 11.4. The Morgan fingerprint density at radius 1 is 1.16 bits per heavy atom. The number of likely N-dealkylation sites (tertiary alicyclic amines) is 1. The van der Waals surface area contributed by atoms with Crippen LogP contribution in [-0.2, 0) is 10.0 Å². The number of amides is 1. The van der Waals surface area contributed by atoms with Crippen molar-refractivity contribution in [3.05, 3.63) is 29.3 Å². The van der Waals surface area contributed by atoms with Crippen LogP contribution in [0.5, 0.6) is 0 Å². The highest BCUT2D eigenvalue weighted by atomic mass is 32.2. The molecule has 0 spiro atoms. The number of rotatable bonds is 3. The van der Waals surface area contributed by atoms with E-state index in [9.17, 15) is 13.2 Å². The number of piperidine rings is 1. The molecule has 2 unspecified atom stereocenters. The predicted molar refractivity (Wildman–Crippen MR) is 100 cm³/mol. The SMILES string of the molecule is Cc1ccc(S(=O)(=O)NC(C)(C)C)cc1C(=O)N1CC(C)CC(C)C1. The van der Waals surface area contributed by atoms with Gasteiger partial charge in [-0.15, -0.1) is 0 Å². The third-order valence-electron chi connectivity index (χ3n) is 4.35. The number of carbonyl (C=O) groups is 1. The van der Waals surface area contributed by atoms with Crippen molar-refractivity contribution in [2.24, 2.45) is 11.8 Å². The zero-order chi connectivity index (χ0) is 19.0. The molecule has 0 saturated carbocycles. The molecule has 5 nitrogen and oxygen atoms in total. The van der Waals surface area contributed by atoms with Gasteiger partial charge in [0.15, 0.2) is 0 Å². The lowest BCUT2D eigenvalue weighted by molar-refractivity contribution is 0.0622. The lowest BCUT2D eigenvalue weighted by Gasteiger charge is -2.35. The van der Waals surface area contributed by atoms with Gasteiger partial charge in [-0.05, 0) is 63.6 Å². The zero-order valence-corrected chi connectivity index (χ0v) is 16.9. The van der Waals surface area contributed by atoms with Crippen LogP contribution in [0.2, 0.25) is 0 Å². The Morgan fingerprint density at radius 2 is 1.72 bits per heavy atom. The Hall–Kier alpha value is -1.40. The van der Waals surface area contributed by atoms with Crippen LogP contribution in [0.25, 0.3) is 0 Å². The van der Waals surface area contributed by atoms with Crippen LogP contribution in [-0.4, -0.2) is 37.9 Å². The molecule has 6 heteroatoms. The average Bonchev–Trinajstić information content (AvgIpc) is 2.43. The van der Waals surface area contributed by atoms with Crippen LogP contribution in [0.15, 0.2) is 23.1 Å². The normalized spacial score (nSPS) is 22.1. The third-order valence-corrected chi connectivity index (χ3v) is 6.10. The van der Waals surface area contributed by atoms with Gasteiger partial charge in [0.2, 0.25) is 10.0 Å². The summed E-state index contributed by atoms with van der Waals surface area (Å²) in [5, 5.41) is 0. The maximum atomic E-state index is 13.0. The first kappa shape index (κ1) is 19.9. The average molecular weight is 367 g/mol. The first-order valence-electron chi connectivity index (χ1n) is 8.83. The Bertz CT molecular complexity index is 740. The maximum absolute atomic E-state index is 13.0. The molecule has 1 fully saturated rings. The summed E-state index contributed by atoms with van der Waals surface area (Å²) >= 11 is 0. The molecule has 2 rings (SSSR count). The summed E-state index contributed by atoms with van der Waals surface area (Å²) in [5.41, 5.74) is 0.690. The zero-order valence-electron chi connectivity index (χ0n) is 16.1. The van der Waals surface area contributed by atoms with Crippen LogP contribution in [0.4, 0.5) is 0 Å². The van der Waals surface area contributed by atoms with Crippen LogP contribution < -0.4 is 4.72 Å². The highest BCUT2D eigenvalue weighted by molar-refractivity contribution is 7.89. The molecule has 1 aromatic carbocycles. The maximum Gasteiger partial charge on any atom is 0.254 e. The fraction of sp³-hybridized carbons (Fsp3) is 0.632. The van der Waals surface area contributed by atoms with Crippen LogP contribution in [0, 0.1) is 18.8 Å². The van der Waals surface area contributed by atoms with Crippen molar-refractivity contribution in [3.8, 4) is 0 Å². The molecule has 140 valence electrons. The molecule has 1 aromatic rings. The number of nitrogens with one attached hydrogen (secondary N) is 1. The lowest BCUT2D eigenvalue weighted by atomic mass is 9.91. The minimum atomic E-state index is -3.66. The summed E-state index contributed by atoms with van der Waals surface area (Å²) in [6.45, 7) is 13.0. The van der Waals surface area contributed by atoms with Gasteiger partial charge in [0.05, 0.1) is 4.90 Å². The molecule has 0 radical (unpaired) electrons. The van der Waals surface area contributed by atoms with Gasteiger partial charge in [0, 0.05) is 24.2 Å². The number of hydrogen-bond acceptors (Lipinski definition) is 3. The molecule has 1 amide bonds. The van der Waals surface area contributed by atoms with E-state index in [4.69, 9.17) is 0 Å². The molecule has 0 aliphatic carbocycles. The molecular weight excluding hydrogens is 336 g/mol. The summed E-state index contributed by atoms with van der Waals surface area (Å²) in [5.74, 6) is 0.841. The number of nitrogens with zero attached hydrogens (tertiary/aromatic N) is 1. The number of hydrogen-bond donors (Lipinski definition) is 1. The van der Waals surface area contributed by atoms with Gasteiger partial charge in [-0.2, -0.15) is 0 Å². The summed E-state index contributed by atoms with van der Waals surface area (Å²) in [7, 11) is -3.66. The van der Waals surface area contributed by atoms with E-state index in [1.54, 1.807) is 32.9 Å². The summed E-state index contributed by atoms with van der Waals surface area (Å²) in [6.07, 6.45) is 1.12. The minimum Gasteiger partial charge on any atom is -0.338 e. The summed E-state index contributed by atoms with van der Waals surface area (Å²) in [4.78, 5) is 15.0. The van der Waals surface area contributed by atoms with E-state index in [0.29, 0.717) is 17.4 Å². The molecule has 1 aliphatic rings. The number of benzene rings is 1. The summed E-state index contributed by atoms with van der Waals surface area (Å²) < 4.78 is 27.8. The van der Waals surface area contributed by atoms with Crippen molar-refractivity contribution in [3.63, 3.8) is 0 Å². The van der Waals surface area contributed by atoms with Crippen LogP contribution in [0.3, 0.4) is 0 Å². The number of aryl methyl sites for hydroxylation is 1. The minimum absolute atomic E-state index is 0.0799. The topological polar surface area (TPSA) is 66.5 Å². The number of carbonyl (C=O) groups excluding carboxylic acids is 1. The standard InChI is InChI=1S/C19H30N2O3S/c1-13-9-14(2)12-21(11-13)18(22)17-10-16(8-7-15(17)3)25(23,24)20-19(4,5)6/h7-8,10,13-14,20H,9,11-12H2,1-6H3. The van der Waals surface area contributed by atoms with Gasteiger partial charge in [-0.25, -0.2) is 13.1 Å². The van der Waals surface area contributed by atoms with Gasteiger partial charge in [0.25, 0.3) is 5.91 Å². The third kappa shape index (κ3) is 5.05. The van der Waals surface area contributed by atoms with Gasteiger partial charge < -0.3 is 4.90 Å². The molecule has 0 aromatic heterocycles. The van der Waals surface area contributed by atoms with E-state index in [1.807, 2.05) is 11.8 Å². The fourth-order valence-corrected chi connectivity index (χ4v) is 4.90. The van der Waals surface area contributed by atoms with Crippen molar-refractivity contribution >= 4 is 15.9 Å². The molecule has 2 atom stereocenters. The van der Waals surface area contributed by atoms with E-state index >= 15 is 0 Å². The van der Waals surface area contributed by atoms with Crippen molar-refractivity contribution < 1.29 is 13.2 Å². The molecule has 25 heavy (non-hydrogen) atoms. The van der Waals surface area contributed by atoms with E-state index in [0.717, 1.165) is 25.1 Å². The van der Waals surface area contributed by atoms with Gasteiger partial charge in [-0.3, -0.25) is 4.79 Å². The Balaban J connectivity index is 2.34. The molecular formula is C19H30N2O3S. The van der Waals surface area contributed by atoms with E-state index in [-0.39, 0.29) is 10.8 Å². The number of sulfonamides is 1. The van der Waals surface area contributed by atoms with Gasteiger partial charge in [-0.1, -0.05) is 19.9 Å². The Labute approximate surface area is 151 Å². The molecule has 1 heterocycles. The van der Waals surface area contributed by atoms with Crippen molar-refractivity contribution in [2.45, 2.75) is 58.4 Å². The second kappa shape index (κ2) is 7.08. The fourth-order valence-electron chi connectivity index (χ4n) is 3.46. The second-order valence-electron chi connectivity index (χ2n) is 8.49.